The van der Waals surface area contributed by atoms with E-state index in [1.165, 1.54) is 0 Å². The van der Waals surface area contributed by atoms with Gasteiger partial charge >= 0.3 is 0 Å². The first-order valence-corrected chi connectivity index (χ1v) is 6.08. The Morgan fingerprint density at radius 1 is 1.44 bits per heavy atom. The number of piperidine rings is 3. The first-order valence-electron chi connectivity index (χ1n) is 6.08. The van der Waals surface area contributed by atoms with Gasteiger partial charge in [0.25, 0.3) is 0 Å². The van der Waals surface area contributed by atoms with Crippen molar-refractivity contribution in [2.75, 3.05) is 32.9 Å². The molecule has 4 nitrogen and oxygen atoms in total. The van der Waals surface area contributed by atoms with E-state index in [-0.39, 0.29) is 17.8 Å². The minimum atomic E-state index is -0.763. The van der Waals surface area contributed by atoms with Crippen molar-refractivity contribution >= 4 is 5.78 Å². The highest BCUT2D eigenvalue weighted by molar-refractivity contribution is 5.95. The van der Waals surface area contributed by atoms with Crippen LogP contribution in [0.4, 0.5) is 0 Å². The number of nitrogens with zero attached hydrogens (tertiary/aromatic N) is 1. The first kappa shape index (κ1) is 12.0. The van der Waals surface area contributed by atoms with E-state index in [0.29, 0.717) is 13.2 Å². The average Bonchev–Trinajstić information content (AvgIpc) is 2.31. The molecule has 16 heavy (non-hydrogen) atoms. The number of hydrogen-bond acceptors (Lipinski definition) is 4. The fourth-order valence-corrected chi connectivity index (χ4v) is 3.01. The van der Waals surface area contributed by atoms with Crippen LogP contribution in [-0.2, 0) is 9.53 Å². The second-order valence-electron chi connectivity index (χ2n) is 5.20. The van der Waals surface area contributed by atoms with Crippen LogP contribution < -0.4 is 0 Å². The quantitative estimate of drug-likeness (QED) is 0.757. The highest BCUT2D eigenvalue weighted by Crippen LogP contribution is 2.44. The van der Waals surface area contributed by atoms with Crippen molar-refractivity contribution in [3.05, 3.63) is 0 Å². The summed E-state index contributed by atoms with van der Waals surface area (Å²) in [5.41, 5.74) is -1.00. The second-order valence-corrected chi connectivity index (χ2v) is 5.20. The van der Waals surface area contributed by atoms with Crippen molar-refractivity contribution in [2.24, 2.45) is 5.41 Å². The lowest BCUT2D eigenvalue weighted by Crippen LogP contribution is -2.72. The van der Waals surface area contributed by atoms with Gasteiger partial charge in [0.05, 0.1) is 13.2 Å². The van der Waals surface area contributed by atoms with Gasteiger partial charge in [0.1, 0.15) is 5.54 Å². The normalized spacial score (nSPS) is 42.7. The number of ketones is 1. The molecule has 1 unspecified atom stereocenters. The summed E-state index contributed by atoms with van der Waals surface area (Å²) in [6.45, 7) is 6.52. The molecule has 2 bridgehead atoms. The Bertz CT molecular complexity index is 284. The maximum Gasteiger partial charge on any atom is 0.163 e. The Balaban J connectivity index is 2.27. The molecule has 0 saturated carbocycles. The van der Waals surface area contributed by atoms with E-state index in [0.717, 1.165) is 25.9 Å². The number of hydrogen-bond donors (Lipinski definition) is 1. The lowest BCUT2D eigenvalue weighted by Gasteiger charge is -2.56. The first-order chi connectivity index (χ1) is 7.59. The van der Waals surface area contributed by atoms with Gasteiger partial charge in [-0.15, -0.1) is 0 Å². The molecule has 0 amide bonds. The van der Waals surface area contributed by atoms with Crippen LogP contribution in [0.5, 0.6) is 0 Å². The Hall–Kier alpha value is -0.450. The van der Waals surface area contributed by atoms with Gasteiger partial charge in [-0.2, -0.15) is 0 Å². The van der Waals surface area contributed by atoms with Crippen molar-refractivity contribution in [2.45, 2.75) is 32.2 Å². The summed E-state index contributed by atoms with van der Waals surface area (Å²) in [7, 11) is 0. The average molecular weight is 227 g/mol. The summed E-state index contributed by atoms with van der Waals surface area (Å²) in [4.78, 5) is 14.6. The monoisotopic (exact) mass is 227 g/mol. The summed E-state index contributed by atoms with van der Waals surface area (Å²) >= 11 is 0. The van der Waals surface area contributed by atoms with Gasteiger partial charge < -0.3 is 9.84 Å². The molecule has 3 aliphatic heterocycles. The smallest absolute Gasteiger partial charge is 0.163 e. The van der Waals surface area contributed by atoms with Gasteiger partial charge in [-0.1, -0.05) is 6.92 Å². The van der Waals surface area contributed by atoms with Gasteiger partial charge in [0.15, 0.2) is 5.78 Å². The molecule has 3 rings (SSSR count). The van der Waals surface area contributed by atoms with E-state index in [1.807, 2.05) is 13.8 Å². The predicted molar refractivity (Wildman–Crippen MR) is 60.2 cm³/mol. The van der Waals surface area contributed by atoms with Crippen LogP contribution in [0.15, 0.2) is 0 Å². The number of aliphatic hydroxyl groups excluding tert-OH is 1. The Morgan fingerprint density at radius 2 is 2.06 bits per heavy atom. The van der Waals surface area contributed by atoms with E-state index in [4.69, 9.17) is 4.74 Å². The van der Waals surface area contributed by atoms with Gasteiger partial charge in [-0.3, -0.25) is 9.69 Å². The number of fused-ring (bicyclic) bond motifs is 3. The molecule has 0 aromatic heterocycles. The molecule has 4 heteroatoms. The molecule has 92 valence electrons. The van der Waals surface area contributed by atoms with Crippen LogP contribution in [0.2, 0.25) is 0 Å². The van der Waals surface area contributed by atoms with Gasteiger partial charge in [-0.25, -0.2) is 0 Å². The Kier molecular flexibility index (Phi) is 3.07. The fourth-order valence-electron chi connectivity index (χ4n) is 3.01. The van der Waals surface area contributed by atoms with E-state index in [1.54, 1.807) is 0 Å². The zero-order valence-electron chi connectivity index (χ0n) is 10.2. The number of ether oxygens (including phenoxy) is 1. The van der Waals surface area contributed by atoms with E-state index >= 15 is 0 Å². The third kappa shape index (κ3) is 1.51. The van der Waals surface area contributed by atoms with Crippen molar-refractivity contribution in [1.82, 2.24) is 4.90 Å². The summed E-state index contributed by atoms with van der Waals surface area (Å²) in [6.07, 6.45) is 1.83. The van der Waals surface area contributed by atoms with E-state index < -0.39 is 5.54 Å². The largest absolute Gasteiger partial charge is 0.394 e. The van der Waals surface area contributed by atoms with E-state index in [2.05, 4.69) is 4.90 Å². The molecule has 0 aliphatic carbocycles. The van der Waals surface area contributed by atoms with Crippen LogP contribution in [0.25, 0.3) is 0 Å². The predicted octanol–water partition coefficient (Wildman–Crippen LogP) is 0.439. The van der Waals surface area contributed by atoms with Crippen LogP contribution in [0.3, 0.4) is 0 Å². The molecule has 0 radical (unpaired) electrons. The SMILES string of the molecule is CCOCC1(CO)C(=O)C2(C)CCN1CC2. The number of carbonyl (C=O) groups excluding carboxylic acids is 1. The summed E-state index contributed by atoms with van der Waals surface area (Å²) < 4.78 is 5.41. The minimum Gasteiger partial charge on any atom is -0.394 e. The maximum atomic E-state index is 12.5. The van der Waals surface area contributed by atoms with Crippen molar-refractivity contribution in [3.8, 4) is 0 Å². The van der Waals surface area contributed by atoms with Gasteiger partial charge in [-0.05, 0) is 19.8 Å². The van der Waals surface area contributed by atoms with Crippen molar-refractivity contribution in [1.29, 1.82) is 0 Å². The Morgan fingerprint density at radius 3 is 2.56 bits per heavy atom. The molecular weight excluding hydrogens is 206 g/mol. The van der Waals surface area contributed by atoms with Gasteiger partial charge in [0.2, 0.25) is 0 Å². The number of carbonyl (C=O) groups is 1. The molecule has 0 aromatic rings. The van der Waals surface area contributed by atoms with E-state index in [9.17, 15) is 9.90 Å². The molecule has 1 atom stereocenters. The molecule has 3 aliphatic rings. The third-order valence-electron chi connectivity index (χ3n) is 4.25. The summed E-state index contributed by atoms with van der Waals surface area (Å²) in [5.74, 6) is 0.174. The third-order valence-corrected chi connectivity index (χ3v) is 4.25. The number of aliphatic hydroxyl groups is 1. The molecule has 1 N–H and O–H groups in total. The standard InChI is InChI=1S/C12H21NO3/c1-3-16-9-12(8-14)10(15)11(2)4-6-13(12)7-5-11/h14H,3-9H2,1-2H3. The lowest BCUT2D eigenvalue weighted by molar-refractivity contribution is -0.170. The highest BCUT2D eigenvalue weighted by Gasteiger charge is 2.58. The Labute approximate surface area is 96.6 Å². The molecule has 0 spiro atoms. The maximum absolute atomic E-state index is 12.5. The second kappa shape index (κ2) is 4.09. The number of Topliss-reactive ketones (excluding diaryl/α,β-unsaturated/α-hetero) is 1. The summed E-state index contributed by atoms with van der Waals surface area (Å²) in [5, 5.41) is 9.63. The van der Waals surface area contributed by atoms with Crippen LogP contribution in [-0.4, -0.2) is 54.2 Å². The highest BCUT2D eigenvalue weighted by atomic mass is 16.5. The van der Waals surface area contributed by atoms with Crippen molar-refractivity contribution in [3.63, 3.8) is 0 Å². The van der Waals surface area contributed by atoms with Crippen LogP contribution in [0, 0.1) is 5.41 Å². The molecule has 3 heterocycles. The molecular formula is C12H21NO3. The lowest BCUT2D eigenvalue weighted by atomic mass is 9.64. The summed E-state index contributed by atoms with van der Waals surface area (Å²) in [6, 6.07) is 0. The molecule has 0 aromatic carbocycles. The molecule has 3 saturated heterocycles. The number of rotatable bonds is 4. The van der Waals surface area contributed by atoms with Gasteiger partial charge in [0, 0.05) is 25.1 Å². The van der Waals surface area contributed by atoms with Crippen LogP contribution >= 0.6 is 0 Å². The zero-order chi connectivity index (χ0) is 11.8. The molecule has 3 fully saturated rings. The zero-order valence-corrected chi connectivity index (χ0v) is 10.2. The fraction of sp³-hybridized carbons (Fsp3) is 0.917. The minimum absolute atomic E-state index is 0.124. The van der Waals surface area contributed by atoms with Crippen molar-refractivity contribution < 1.29 is 14.6 Å². The topological polar surface area (TPSA) is 49.8 Å². The van der Waals surface area contributed by atoms with Crippen LogP contribution in [0.1, 0.15) is 26.7 Å².